The van der Waals surface area contributed by atoms with Gasteiger partial charge in [0.25, 0.3) is 0 Å². The fraction of sp³-hybridized carbons (Fsp3) is 0.278. The molecule has 0 aliphatic heterocycles. The van der Waals surface area contributed by atoms with Crippen LogP contribution >= 0.6 is 0 Å². The molecule has 1 N–H and O–H groups in total. The highest BCUT2D eigenvalue weighted by Crippen LogP contribution is 2.24. The second kappa shape index (κ2) is 7.65. The molecule has 134 valence electrons. The molecular formula is C18H21FN2O3S. The van der Waals surface area contributed by atoms with Crippen molar-refractivity contribution in [1.29, 1.82) is 0 Å². The van der Waals surface area contributed by atoms with E-state index < -0.39 is 15.8 Å². The summed E-state index contributed by atoms with van der Waals surface area (Å²) >= 11 is 0. The summed E-state index contributed by atoms with van der Waals surface area (Å²) in [6.45, 7) is 3.73. The number of nitrogens with zero attached hydrogens (tertiary/aromatic N) is 1. The first-order valence-electron chi connectivity index (χ1n) is 7.77. The molecule has 0 aliphatic carbocycles. The number of sulfonamides is 1. The summed E-state index contributed by atoms with van der Waals surface area (Å²) in [5.41, 5.74) is 2.78. The van der Waals surface area contributed by atoms with E-state index in [-0.39, 0.29) is 18.9 Å². The van der Waals surface area contributed by atoms with Crippen LogP contribution in [0.4, 0.5) is 15.8 Å². The summed E-state index contributed by atoms with van der Waals surface area (Å²) in [6, 6.07) is 10.9. The highest BCUT2D eigenvalue weighted by Gasteiger charge is 2.20. The smallest absolute Gasteiger partial charge is 0.232 e. The van der Waals surface area contributed by atoms with Crippen molar-refractivity contribution in [2.24, 2.45) is 0 Å². The van der Waals surface area contributed by atoms with Gasteiger partial charge >= 0.3 is 0 Å². The lowest BCUT2D eigenvalue weighted by atomic mass is 10.1. The van der Waals surface area contributed by atoms with Crippen LogP contribution in [-0.2, 0) is 14.8 Å². The topological polar surface area (TPSA) is 66.5 Å². The van der Waals surface area contributed by atoms with Crippen LogP contribution in [0, 0.1) is 19.7 Å². The van der Waals surface area contributed by atoms with Crippen molar-refractivity contribution in [3.05, 3.63) is 59.4 Å². The second-order valence-electron chi connectivity index (χ2n) is 5.93. The molecule has 2 aromatic carbocycles. The maximum Gasteiger partial charge on any atom is 0.232 e. The molecule has 25 heavy (non-hydrogen) atoms. The number of aryl methyl sites for hydroxylation is 2. The van der Waals surface area contributed by atoms with Crippen molar-refractivity contribution < 1.29 is 17.6 Å². The zero-order chi connectivity index (χ0) is 18.6. The Kier molecular flexibility index (Phi) is 5.79. The van der Waals surface area contributed by atoms with E-state index in [1.165, 1.54) is 28.6 Å². The van der Waals surface area contributed by atoms with E-state index >= 15 is 0 Å². The molecule has 7 heteroatoms. The molecule has 0 atom stereocenters. The molecule has 0 fully saturated rings. The average Bonchev–Trinajstić information content (AvgIpc) is 2.52. The van der Waals surface area contributed by atoms with Gasteiger partial charge in [0.05, 0.1) is 11.9 Å². The summed E-state index contributed by atoms with van der Waals surface area (Å²) in [4.78, 5) is 12.1. The van der Waals surface area contributed by atoms with Gasteiger partial charge < -0.3 is 5.32 Å². The standard InChI is InChI=1S/C18H21FN2O3S/c1-13-4-5-14(2)17(12-13)21(25(3,23)24)11-10-18(22)20-16-8-6-15(19)7-9-16/h4-9,12H,10-11H2,1-3H3,(H,20,22). The lowest BCUT2D eigenvalue weighted by Gasteiger charge is -2.24. The van der Waals surface area contributed by atoms with Crippen LogP contribution in [0.5, 0.6) is 0 Å². The van der Waals surface area contributed by atoms with Crippen LogP contribution < -0.4 is 9.62 Å². The van der Waals surface area contributed by atoms with Gasteiger partial charge in [-0.25, -0.2) is 12.8 Å². The molecule has 0 bridgehead atoms. The molecule has 0 aromatic heterocycles. The van der Waals surface area contributed by atoms with Crippen molar-refractivity contribution in [3.8, 4) is 0 Å². The molecule has 0 spiro atoms. The van der Waals surface area contributed by atoms with Gasteiger partial charge in [-0.3, -0.25) is 9.10 Å². The van der Waals surface area contributed by atoms with E-state index in [1.54, 1.807) is 6.07 Å². The van der Waals surface area contributed by atoms with E-state index in [0.29, 0.717) is 11.4 Å². The van der Waals surface area contributed by atoms with Gasteiger partial charge in [0.15, 0.2) is 0 Å². The van der Waals surface area contributed by atoms with Gasteiger partial charge in [-0.05, 0) is 55.3 Å². The lowest BCUT2D eigenvalue weighted by molar-refractivity contribution is -0.116. The van der Waals surface area contributed by atoms with Crippen molar-refractivity contribution in [1.82, 2.24) is 0 Å². The number of anilines is 2. The second-order valence-corrected chi connectivity index (χ2v) is 7.84. The molecule has 2 aromatic rings. The first kappa shape index (κ1) is 18.9. The Morgan fingerprint density at radius 2 is 1.76 bits per heavy atom. The van der Waals surface area contributed by atoms with E-state index in [4.69, 9.17) is 0 Å². The van der Waals surface area contributed by atoms with E-state index in [9.17, 15) is 17.6 Å². The Balaban J connectivity index is 2.12. The van der Waals surface area contributed by atoms with Gasteiger partial charge in [-0.1, -0.05) is 12.1 Å². The molecule has 0 heterocycles. The van der Waals surface area contributed by atoms with Gasteiger partial charge in [0, 0.05) is 18.7 Å². The molecule has 0 radical (unpaired) electrons. The van der Waals surface area contributed by atoms with Crippen LogP contribution in [0.2, 0.25) is 0 Å². The predicted octanol–water partition coefficient (Wildman–Crippen LogP) is 3.24. The van der Waals surface area contributed by atoms with E-state index in [1.807, 2.05) is 26.0 Å². The Morgan fingerprint density at radius 3 is 2.36 bits per heavy atom. The number of nitrogens with one attached hydrogen (secondary N) is 1. The third kappa shape index (κ3) is 5.29. The van der Waals surface area contributed by atoms with Gasteiger partial charge in [0.1, 0.15) is 5.82 Å². The molecule has 5 nitrogen and oxygen atoms in total. The Hall–Kier alpha value is -2.41. The normalized spacial score (nSPS) is 11.2. The fourth-order valence-electron chi connectivity index (χ4n) is 2.41. The quantitative estimate of drug-likeness (QED) is 0.856. The van der Waals surface area contributed by atoms with Crippen LogP contribution in [0.15, 0.2) is 42.5 Å². The Bertz CT molecular complexity index is 864. The van der Waals surface area contributed by atoms with Crippen LogP contribution in [0.25, 0.3) is 0 Å². The average molecular weight is 364 g/mol. The molecular weight excluding hydrogens is 343 g/mol. The first-order valence-corrected chi connectivity index (χ1v) is 9.62. The Morgan fingerprint density at radius 1 is 1.12 bits per heavy atom. The van der Waals surface area contributed by atoms with Crippen molar-refractivity contribution in [2.45, 2.75) is 20.3 Å². The number of hydrogen-bond donors (Lipinski definition) is 1. The van der Waals surface area contributed by atoms with Gasteiger partial charge in [-0.15, -0.1) is 0 Å². The van der Waals surface area contributed by atoms with Crippen molar-refractivity contribution in [2.75, 3.05) is 22.4 Å². The minimum atomic E-state index is -3.53. The largest absolute Gasteiger partial charge is 0.326 e. The maximum atomic E-state index is 12.9. The van der Waals surface area contributed by atoms with Crippen LogP contribution in [0.3, 0.4) is 0 Å². The number of rotatable bonds is 6. The lowest BCUT2D eigenvalue weighted by Crippen LogP contribution is -2.33. The SMILES string of the molecule is Cc1ccc(C)c(N(CCC(=O)Nc2ccc(F)cc2)S(C)(=O)=O)c1. The minimum absolute atomic E-state index is 0.0160. The molecule has 2 rings (SSSR count). The minimum Gasteiger partial charge on any atom is -0.326 e. The number of amides is 1. The van der Waals surface area contributed by atoms with E-state index in [2.05, 4.69) is 5.32 Å². The summed E-state index contributed by atoms with van der Waals surface area (Å²) < 4.78 is 38.4. The number of carbonyl (C=O) groups is 1. The third-order valence-corrected chi connectivity index (χ3v) is 4.88. The summed E-state index contributed by atoms with van der Waals surface area (Å²) in [5.74, 6) is -0.735. The number of benzene rings is 2. The fourth-order valence-corrected chi connectivity index (χ4v) is 3.39. The number of carbonyl (C=O) groups excluding carboxylic acids is 1. The molecule has 0 aliphatic rings. The Labute approximate surface area is 147 Å². The molecule has 0 saturated carbocycles. The van der Waals surface area contributed by atoms with Crippen molar-refractivity contribution >= 4 is 27.3 Å². The highest BCUT2D eigenvalue weighted by molar-refractivity contribution is 7.92. The summed E-state index contributed by atoms with van der Waals surface area (Å²) in [5, 5.41) is 2.63. The third-order valence-electron chi connectivity index (χ3n) is 3.70. The maximum absolute atomic E-state index is 12.9. The summed E-state index contributed by atoms with van der Waals surface area (Å²) in [6.07, 6.45) is 1.10. The first-order chi connectivity index (χ1) is 11.7. The molecule has 0 unspecified atom stereocenters. The molecule has 1 amide bonds. The number of hydrogen-bond acceptors (Lipinski definition) is 3. The van der Waals surface area contributed by atoms with Crippen LogP contribution in [-0.4, -0.2) is 27.1 Å². The van der Waals surface area contributed by atoms with Gasteiger partial charge in [-0.2, -0.15) is 0 Å². The molecule has 0 saturated heterocycles. The van der Waals surface area contributed by atoms with Crippen LogP contribution in [0.1, 0.15) is 17.5 Å². The highest BCUT2D eigenvalue weighted by atomic mass is 32.2. The van der Waals surface area contributed by atoms with Gasteiger partial charge in [0.2, 0.25) is 15.9 Å². The number of halogens is 1. The van der Waals surface area contributed by atoms with Crippen molar-refractivity contribution in [3.63, 3.8) is 0 Å². The zero-order valence-electron chi connectivity index (χ0n) is 14.4. The monoisotopic (exact) mass is 364 g/mol. The zero-order valence-corrected chi connectivity index (χ0v) is 15.2. The van der Waals surface area contributed by atoms with E-state index in [0.717, 1.165) is 17.4 Å². The predicted molar refractivity (Wildman–Crippen MR) is 97.8 cm³/mol. The summed E-state index contributed by atoms with van der Waals surface area (Å²) in [7, 11) is -3.53.